The maximum atomic E-state index is 6.03. The summed E-state index contributed by atoms with van der Waals surface area (Å²) in [5.41, 5.74) is 7.48. The lowest BCUT2D eigenvalue weighted by atomic mass is 10.1. The molecule has 1 aromatic rings. The van der Waals surface area contributed by atoms with Gasteiger partial charge in [0, 0.05) is 23.3 Å². The first kappa shape index (κ1) is 10.1. The molecule has 1 fully saturated rings. The molecule has 0 saturated heterocycles. The van der Waals surface area contributed by atoms with Gasteiger partial charge in [-0.2, -0.15) is 0 Å². The van der Waals surface area contributed by atoms with Crippen molar-refractivity contribution in [3.8, 4) is 0 Å². The van der Waals surface area contributed by atoms with Crippen LogP contribution in [0.25, 0.3) is 0 Å². The van der Waals surface area contributed by atoms with E-state index in [1.807, 2.05) is 0 Å². The van der Waals surface area contributed by atoms with Gasteiger partial charge in [-0.05, 0) is 5.41 Å². The number of hydrogen-bond donors (Lipinski definition) is 1. The third kappa shape index (κ3) is 1.39. The van der Waals surface area contributed by atoms with Crippen LogP contribution >= 0.6 is 11.3 Å². The van der Waals surface area contributed by atoms with Gasteiger partial charge in [0.1, 0.15) is 0 Å². The highest BCUT2D eigenvalue weighted by Gasteiger charge is 2.57. The molecule has 1 aliphatic carbocycles. The van der Waals surface area contributed by atoms with Gasteiger partial charge in [-0.1, -0.05) is 27.7 Å². The van der Waals surface area contributed by atoms with E-state index < -0.39 is 0 Å². The van der Waals surface area contributed by atoms with Gasteiger partial charge in [-0.25, -0.2) is 4.98 Å². The largest absolute Gasteiger partial charge is 0.327 e. The predicted molar refractivity (Wildman–Crippen MR) is 60.7 cm³/mol. The Morgan fingerprint density at radius 1 is 1.50 bits per heavy atom. The van der Waals surface area contributed by atoms with Crippen LogP contribution in [0, 0.1) is 5.41 Å². The lowest BCUT2D eigenvalue weighted by Gasteiger charge is -1.99. The van der Waals surface area contributed by atoms with Crippen molar-refractivity contribution in [2.24, 2.45) is 11.1 Å². The zero-order chi connectivity index (χ0) is 10.5. The molecule has 14 heavy (non-hydrogen) atoms. The van der Waals surface area contributed by atoms with E-state index in [1.165, 1.54) is 10.7 Å². The van der Waals surface area contributed by atoms with Crippen molar-refractivity contribution in [3.05, 3.63) is 16.1 Å². The molecule has 2 rings (SSSR count). The lowest BCUT2D eigenvalue weighted by molar-refractivity contribution is 0.595. The molecule has 1 aromatic heterocycles. The average molecular weight is 210 g/mol. The highest BCUT2D eigenvalue weighted by molar-refractivity contribution is 7.09. The molecule has 0 spiro atoms. The van der Waals surface area contributed by atoms with Crippen molar-refractivity contribution in [1.82, 2.24) is 4.98 Å². The van der Waals surface area contributed by atoms with Crippen LogP contribution in [0.3, 0.4) is 0 Å². The molecule has 1 saturated carbocycles. The SMILES string of the molecule is CC(C)c1nc(C2C(N)C2(C)C)cs1. The van der Waals surface area contributed by atoms with E-state index >= 15 is 0 Å². The van der Waals surface area contributed by atoms with Gasteiger partial charge < -0.3 is 5.73 Å². The third-order valence-electron chi connectivity index (χ3n) is 3.26. The van der Waals surface area contributed by atoms with Crippen LogP contribution in [-0.2, 0) is 0 Å². The van der Waals surface area contributed by atoms with Crippen LogP contribution < -0.4 is 5.73 Å². The molecule has 78 valence electrons. The summed E-state index contributed by atoms with van der Waals surface area (Å²) in [6, 6.07) is 0.296. The summed E-state index contributed by atoms with van der Waals surface area (Å²) in [4.78, 5) is 4.66. The van der Waals surface area contributed by atoms with Gasteiger partial charge in [0.15, 0.2) is 0 Å². The highest BCUT2D eigenvalue weighted by atomic mass is 32.1. The minimum absolute atomic E-state index is 0.252. The Bertz CT molecular complexity index is 341. The lowest BCUT2D eigenvalue weighted by Crippen LogP contribution is -2.06. The summed E-state index contributed by atoms with van der Waals surface area (Å²) in [6.07, 6.45) is 0. The highest BCUT2D eigenvalue weighted by Crippen LogP contribution is 2.57. The molecule has 0 aliphatic heterocycles. The number of hydrogen-bond acceptors (Lipinski definition) is 3. The summed E-state index contributed by atoms with van der Waals surface area (Å²) < 4.78 is 0. The minimum atomic E-state index is 0.252. The second-order valence-corrected chi connectivity index (χ2v) is 5.98. The molecule has 2 unspecified atom stereocenters. The van der Waals surface area contributed by atoms with Crippen molar-refractivity contribution in [3.63, 3.8) is 0 Å². The van der Waals surface area contributed by atoms with Crippen LogP contribution in [-0.4, -0.2) is 11.0 Å². The van der Waals surface area contributed by atoms with Crippen molar-refractivity contribution >= 4 is 11.3 Å². The quantitative estimate of drug-likeness (QED) is 0.815. The van der Waals surface area contributed by atoms with Crippen molar-refractivity contribution in [1.29, 1.82) is 0 Å². The second kappa shape index (κ2) is 3.04. The van der Waals surface area contributed by atoms with Gasteiger partial charge in [-0.3, -0.25) is 0 Å². The predicted octanol–water partition coefficient (Wildman–Crippen LogP) is 2.72. The Labute approximate surface area is 89.5 Å². The fourth-order valence-corrected chi connectivity index (χ4v) is 2.82. The Balaban J connectivity index is 2.20. The standard InChI is InChI=1S/C11H18N2S/c1-6(2)10-13-7(5-14-10)8-9(12)11(8,3)4/h5-6,8-9H,12H2,1-4H3. The number of nitrogens with two attached hydrogens (primary N) is 1. The van der Waals surface area contributed by atoms with Gasteiger partial charge in [0.05, 0.1) is 10.7 Å². The monoisotopic (exact) mass is 210 g/mol. The van der Waals surface area contributed by atoms with E-state index in [1.54, 1.807) is 11.3 Å². The zero-order valence-electron chi connectivity index (χ0n) is 9.24. The van der Waals surface area contributed by atoms with Gasteiger partial charge in [-0.15, -0.1) is 11.3 Å². The van der Waals surface area contributed by atoms with Crippen molar-refractivity contribution in [2.75, 3.05) is 0 Å². The van der Waals surface area contributed by atoms with Crippen LogP contribution in [0.5, 0.6) is 0 Å². The van der Waals surface area contributed by atoms with E-state index in [0.29, 0.717) is 17.9 Å². The molecule has 2 atom stereocenters. The topological polar surface area (TPSA) is 38.9 Å². The minimum Gasteiger partial charge on any atom is -0.327 e. The summed E-state index contributed by atoms with van der Waals surface area (Å²) in [7, 11) is 0. The van der Waals surface area contributed by atoms with Crippen LogP contribution in [0.2, 0.25) is 0 Å². The summed E-state index contributed by atoms with van der Waals surface area (Å²) in [5, 5.41) is 3.41. The first-order chi connectivity index (χ1) is 6.44. The van der Waals surface area contributed by atoms with Gasteiger partial charge in [0.2, 0.25) is 0 Å². The summed E-state index contributed by atoms with van der Waals surface area (Å²) in [6.45, 7) is 8.80. The smallest absolute Gasteiger partial charge is 0.0953 e. The average Bonchev–Trinajstić information content (AvgIpc) is 2.55. The molecular formula is C11H18N2S. The van der Waals surface area contributed by atoms with Gasteiger partial charge in [0.25, 0.3) is 0 Å². The van der Waals surface area contributed by atoms with Crippen LogP contribution in [0.4, 0.5) is 0 Å². The van der Waals surface area contributed by atoms with Crippen molar-refractivity contribution in [2.45, 2.75) is 45.6 Å². The molecule has 2 N–H and O–H groups in total. The number of aromatic nitrogens is 1. The maximum absolute atomic E-state index is 6.03. The molecule has 0 bridgehead atoms. The van der Waals surface area contributed by atoms with E-state index in [4.69, 9.17) is 5.73 Å². The maximum Gasteiger partial charge on any atom is 0.0953 e. The zero-order valence-corrected chi connectivity index (χ0v) is 10.1. The third-order valence-corrected chi connectivity index (χ3v) is 4.43. The molecule has 0 aromatic carbocycles. The fourth-order valence-electron chi connectivity index (χ4n) is 1.95. The van der Waals surface area contributed by atoms with Crippen molar-refractivity contribution < 1.29 is 0 Å². The normalized spacial score (nSPS) is 29.6. The van der Waals surface area contributed by atoms with Crippen LogP contribution in [0.1, 0.15) is 50.2 Å². The fraction of sp³-hybridized carbons (Fsp3) is 0.727. The Morgan fingerprint density at radius 3 is 2.43 bits per heavy atom. The Hall–Kier alpha value is -0.410. The van der Waals surface area contributed by atoms with E-state index in [-0.39, 0.29) is 5.41 Å². The molecule has 2 nitrogen and oxygen atoms in total. The molecule has 1 heterocycles. The molecule has 1 aliphatic rings. The first-order valence-electron chi connectivity index (χ1n) is 5.15. The Kier molecular flexibility index (Phi) is 2.20. The van der Waals surface area contributed by atoms with Gasteiger partial charge >= 0.3 is 0 Å². The molecular weight excluding hydrogens is 192 g/mol. The van der Waals surface area contributed by atoms with E-state index in [2.05, 4.69) is 38.1 Å². The second-order valence-electron chi connectivity index (χ2n) is 5.09. The van der Waals surface area contributed by atoms with Crippen LogP contribution in [0.15, 0.2) is 5.38 Å². The Morgan fingerprint density at radius 2 is 2.07 bits per heavy atom. The first-order valence-corrected chi connectivity index (χ1v) is 6.03. The molecule has 0 amide bonds. The summed E-state index contributed by atoms with van der Waals surface area (Å²) >= 11 is 1.76. The van der Waals surface area contributed by atoms with E-state index in [0.717, 1.165) is 0 Å². The van der Waals surface area contributed by atoms with E-state index in [9.17, 15) is 0 Å². The molecule has 3 heteroatoms. The summed E-state index contributed by atoms with van der Waals surface area (Å²) in [5.74, 6) is 1.01. The molecule has 0 radical (unpaired) electrons. The number of nitrogens with zero attached hydrogens (tertiary/aromatic N) is 1. The number of rotatable bonds is 2. The number of thiazole rings is 1.